The van der Waals surface area contributed by atoms with Gasteiger partial charge in [-0.3, -0.25) is 0 Å². The summed E-state index contributed by atoms with van der Waals surface area (Å²) < 4.78 is 5.20. The maximum atomic E-state index is 2.47. The lowest BCUT2D eigenvalue weighted by atomic mass is 9.82. The molecule has 0 radical (unpaired) electrons. The summed E-state index contributed by atoms with van der Waals surface area (Å²) in [4.78, 5) is 0. The maximum absolute atomic E-state index is 2.47. The molecule has 0 aliphatic heterocycles. The number of fused-ring (bicyclic) bond motifs is 9. The van der Waals surface area contributed by atoms with E-state index in [4.69, 9.17) is 0 Å². The van der Waals surface area contributed by atoms with E-state index >= 15 is 0 Å². The second-order valence-corrected chi connectivity index (χ2v) is 14.5. The molecule has 0 spiro atoms. The molecule has 1 nitrogen and oxygen atoms in total. The van der Waals surface area contributed by atoms with Crippen molar-refractivity contribution in [2.75, 3.05) is 0 Å². The second-order valence-electron chi connectivity index (χ2n) is 13.4. The van der Waals surface area contributed by atoms with Gasteiger partial charge < -0.3 is 4.57 Å². The van der Waals surface area contributed by atoms with Crippen LogP contribution in [0, 0.1) is 0 Å². The number of thiophene rings is 1. The number of aromatic nitrogens is 1. The summed E-state index contributed by atoms with van der Waals surface area (Å²) in [5.74, 6) is 0. The van der Waals surface area contributed by atoms with Crippen LogP contribution in [0.2, 0.25) is 0 Å². The number of hydrogen-bond acceptors (Lipinski definition) is 1. The SMILES string of the molecule is CC1(C)c2ccc(-n3c4ccc(-c5ccccc5)cc4c4cc(-c5ccccc5)ccc43)cc2-c2cc3c(cc21)sc1ccccc13. The standard InChI is InChI=1S/C45H31NS/c1-45(2)39-20-19-32(25-34(39)35-26-38-33-15-9-10-16-43(33)47-44(38)27-40(35)45)46-41-21-17-30(28-11-5-3-6-12-28)23-36(41)37-24-31(18-22-42(37)46)29-13-7-4-8-14-29/h3-27H,1-2H3. The van der Waals surface area contributed by atoms with Gasteiger partial charge in [0.2, 0.25) is 0 Å². The van der Waals surface area contributed by atoms with Crippen molar-refractivity contribution in [3.8, 4) is 39.1 Å². The first-order chi connectivity index (χ1) is 23.0. The Hall–Kier alpha value is -5.44. The van der Waals surface area contributed by atoms with Crippen LogP contribution in [0.4, 0.5) is 0 Å². The van der Waals surface area contributed by atoms with Gasteiger partial charge in [0, 0.05) is 42.0 Å². The lowest BCUT2D eigenvalue weighted by Gasteiger charge is -2.21. The van der Waals surface area contributed by atoms with Crippen molar-refractivity contribution in [1.29, 1.82) is 0 Å². The van der Waals surface area contributed by atoms with Crippen molar-refractivity contribution in [3.63, 3.8) is 0 Å². The normalized spacial score (nSPS) is 13.5. The van der Waals surface area contributed by atoms with E-state index in [1.54, 1.807) is 0 Å². The van der Waals surface area contributed by atoms with Gasteiger partial charge in [0.05, 0.1) is 11.0 Å². The zero-order valence-corrected chi connectivity index (χ0v) is 27.1. The highest BCUT2D eigenvalue weighted by atomic mass is 32.1. The molecule has 2 heteroatoms. The molecule has 0 N–H and O–H groups in total. The van der Waals surface area contributed by atoms with Gasteiger partial charge in [0.1, 0.15) is 0 Å². The van der Waals surface area contributed by atoms with Crippen LogP contribution in [-0.2, 0) is 5.41 Å². The Morgan fingerprint density at radius 1 is 0.426 bits per heavy atom. The first-order valence-corrected chi connectivity index (χ1v) is 17.2. The summed E-state index contributed by atoms with van der Waals surface area (Å²) in [6.07, 6.45) is 0. The molecule has 222 valence electrons. The Balaban J connectivity index is 1.22. The molecule has 1 aliphatic carbocycles. The molecule has 10 rings (SSSR count). The van der Waals surface area contributed by atoms with E-state index in [0.29, 0.717) is 0 Å². The second kappa shape index (κ2) is 9.78. The summed E-state index contributed by atoms with van der Waals surface area (Å²) in [5, 5.41) is 5.25. The van der Waals surface area contributed by atoms with Gasteiger partial charge >= 0.3 is 0 Å². The fourth-order valence-electron chi connectivity index (χ4n) is 8.02. The molecule has 0 saturated carbocycles. The minimum Gasteiger partial charge on any atom is -0.309 e. The lowest BCUT2D eigenvalue weighted by Crippen LogP contribution is -2.14. The monoisotopic (exact) mass is 617 g/mol. The van der Waals surface area contributed by atoms with Crippen LogP contribution in [0.5, 0.6) is 0 Å². The Kier molecular flexibility index (Phi) is 5.57. The van der Waals surface area contributed by atoms with Crippen molar-refractivity contribution >= 4 is 53.3 Å². The van der Waals surface area contributed by atoms with E-state index in [0.717, 1.165) is 0 Å². The molecular formula is C45H31NS. The van der Waals surface area contributed by atoms with E-state index in [-0.39, 0.29) is 5.41 Å². The Morgan fingerprint density at radius 2 is 1.02 bits per heavy atom. The molecule has 2 heterocycles. The molecule has 0 amide bonds. The summed E-state index contributed by atoms with van der Waals surface area (Å²) >= 11 is 1.91. The molecule has 0 unspecified atom stereocenters. The van der Waals surface area contributed by atoms with Crippen LogP contribution in [-0.4, -0.2) is 4.57 Å². The lowest BCUT2D eigenvalue weighted by molar-refractivity contribution is 0.661. The van der Waals surface area contributed by atoms with Crippen molar-refractivity contribution < 1.29 is 0 Å². The zero-order valence-electron chi connectivity index (χ0n) is 26.3. The number of rotatable bonds is 3. The van der Waals surface area contributed by atoms with Crippen LogP contribution in [0.3, 0.4) is 0 Å². The molecule has 2 aromatic heterocycles. The molecular weight excluding hydrogens is 587 g/mol. The molecule has 9 aromatic rings. The molecule has 0 bridgehead atoms. The quantitative estimate of drug-likeness (QED) is 0.186. The first-order valence-electron chi connectivity index (χ1n) is 16.3. The highest BCUT2D eigenvalue weighted by molar-refractivity contribution is 7.25. The minimum absolute atomic E-state index is 0.0659. The Bertz CT molecular complexity index is 2590. The molecule has 0 fully saturated rings. The van der Waals surface area contributed by atoms with Crippen LogP contribution in [0.1, 0.15) is 25.0 Å². The summed E-state index contributed by atoms with van der Waals surface area (Å²) in [5.41, 5.74) is 14.0. The summed E-state index contributed by atoms with van der Waals surface area (Å²) in [6, 6.07) is 56.3. The van der Waals surface area contributed by atoms with E-state index in [9.17, 15) is 0 Å². The van der Waals surface area contributed by atoms with Gasteiger partial charge in [-0.15, -0.1) is 11.3 Å². The van der Waals surface area contributed by atoms with Gasteiger partial charge in [-0.25, -0.2) is 0 Å². The number of benzene rings is 7. The van der Waals surface area contributed by atoms with Crippen molar-refractivity contribution in [1.82, 2.24) is 4.57 Å². The van der Waals surface area contributed by atoms with E-state index in [1.165, 1.54) is 92.2 Å². The number of hydrogen-bond donors (Lipinski definition) is 0. The van der Waals surface area contributed by atoms with Gasteiger partial charge in [0.25, 0.3) is 0 Å². The van der Waals surface area contributed by atoms with Crippen molar-refractivity contribution in [2.45, 2.75) is 19.3 Å². The first kappa shape index (κ1) is 26.7. The molecule has 0 saturated heterocycles. The average molecular weight is 618 g/mol. The number of nitrogens with zero attached hydrogens (tertiary/aromatic N) is 1. The van der Waals surface area contributed by atoms with Gasteiger partial charge in [-0.2, -0.15) is 0 Å². The van der Waals surface area contributed by atoms with Gasteiger partial charge in [-0.05, 0) is 99.1 Å². The third-order valence-corrected chi connectivity index (χ3v) is 11.5. The maximum Gasteiger partial charge on any atom is 0.0541 e. The van der Waals surface area contributed by atoms with Crippen molar-refractivity contribution in [3.05, 3.63) is 163 Å². The highest BCUT2D eigenvalue weighted by Crippen LogP contribution is 2.52. The average Bonchev–Trinajstić information content (AvgIpc) is 3.72. The van der Waals surface area contributed by atoms with Gasteiger partial charge in [0.15, 0.2) is 0 Å². The van der Waals surface area contributed by atoms with Gasteiger partial charge in [-0.1, -0.05) is 111 Å². The minimum atomic E-state index is -0.0659. The molecule has 47 heavy (non-hydrogen) atoms. The molecule has 1 aliphatic rings. The van der Waals surface area contributed by atoms with E-state index < -0.39 is 0 Å². The smallest absolute Gasteiger partial charge is 0.0541 e. The fourth-order valence-corrected chi connectivity index (χ4v) is 9.14. The highest BCUT2D eigenvalue weighted by Gasteiger charge is 2.36. The Morgan fingerprint density at radius 3 is 1.68 bits per heavy atom. The largest absolute Gasteiger partial charge is 0.309 e. The van der Waals surface area contributed by atoms with E-state index in [1.807, 2.05) is 11.3 Å². The van der Waals surface area contributed by atoms with Crippen LogP contribution >= 0.6 is 11.3 Å². The van der Waals surface area contributed by atoms with Crippen LogP contribution < -0.4 is 0 Å². The third kappa shape index (κ3) is 3.89. The Labute approximate surface area is 278 Å². The topological polar surface area (TPSA) is 4.93 Å². The zero-order chi connectivity index (χ0) is 31.3. The van der Waals surface area contributed by atoms with E-state index in [2.05, 4.69) is 170 Å². The van der Waals surface area contributed by atoms with Crippen molar-refractivity contribution in [2.24, 2.45) is 0 Å². The summed E-state index contributed by atoms with van der Waals surface area (Å²) in [6.45, 7) is 4.76. The predicted octanol–water partition coefficient (Wildman–Crippen LogP) is 12.8. The third-order valence-electron chi connectivity index (χ3n) is 10.4. The predicted molar refractivity (Wildman–Crippen MR) is 202 cm³/mol. The molecule has 7 aromatic carbocycles. The fraction of sp³-hybridized carbons (Fsp3) is 0.0667. The summed E-state index contributed by atoms with van der Waals surface area (Å²) in [7, 11) is 0. The van der Waals surface area contributed by atoms with Crippen LogP contribution in [0.25, 0.3) is 81.0 Å². The van der Waals surface area contributed by atoms with Crippen LogP contribution in [0.15, 0.2) is 152 Å². The molecule has 0 atom stereocenters.